The summed E-state index contributed by atoms with van der Waals surface area (Å²) in [6.45, 7) is 2.94. The van der Waals surface area contributed by atoms with Gasteiger partial charge < -0.3 is 14.9 Å². The molecule has 0 amide bonds. The minimum atomic E-state index is -0.0857. The van der Waals surface area contributed by atoms with Crippen molar-refractivity contribution >= 4 is 0 Å². The maximum Gasteiger partial charge on any atom is 0.115 e. The van der Waals surface area contributed by atoms with Gasteiger partial charge in [0.05, 0.1) is 19.3 Å². The SMILES string of the molecule is CC1=CC[C@@]2(CO)CO[C@H](c3ccc(O)cc3)[C@@H]1C2. The van der Waals surface area contributed by atoms with E-state index in [1.165, 1.54) is 5.57 Å². The molecule has 0 spiro atoms. The summed E-state index contributed by atoms with van der Waals surface area (Å²) in [5.41, 5.74) is 2.36. The van der Waals surface area contributed by atoms with E-state index in [1.54, 1.807) is 12.1 Å². The number of allylic oxidation sites excluding steroid dienone is 1. The van der Waals surface area contributed by atoms with Gasteiger partial charge in [-0.1, -0.05) is 23.8 Å². The van der Waals surface area contributed by atoms with Gasteiger partial charge in [-0.25, -0.2) is 0 Å². The van der Waals surface area contributed by atoms with Crippen molar-refractivity contribution in [3.8, 4) is 5.75 Å². The van der Waals surface area contributed by atoms with E-state index < -0.39 is 0 Å². The molecule has 1 fully saturated rings. The Morgan fingerprint density at radius 2 is 2.05 bits per heavy atom. The maximum absolute atomic E-state index is 9.63. The second kappa shape index (κ2) is 4.66. The third-order valence-corrected chi connectivity index (χ3v) is 4.59. The van der Waals surface area contributed by atoms with Crippen molar-refractivity contribution in [1.29, 1.82) is 0 Å². The molecule has 19 heavy (non-hydrogen) atoms. The fourth-order valence-corrected chi connectivity index (χ4v) is 3.25. The average Bonchev–Trinajstić information content (AvgIpc) is 2.45. The number of aliphatic hydroxyl groups is 1. The van der Waals surface area contributed by atoms with E-state index >= 15 is 0 Å². The highest BCUT2D eigenvalue weighted by Gasteiger charge is 2.44. The Balaban J connectivity index is 1.91. The second-order valence-electron chi connectivity index (χ2n) is 5.94. The number of hydrogen-bond donors (Lipinski definition) is 2. The number of phenols is 1. The summed E-state index contributed by atoms with van der Waals surface area (Å²) in [6, 6.07) is 7.25. The van der Waals surface area contributed by atoms with Crippen molar-refractivity contribution in [2.75, 3.05) is 13.2 Å². The van der Waals surface area contributed by atoms with E-state index in [1.807, 2.05) is 12.1 Å². The molecule has 102 valence electrons. The number of fused-ring (bicyclic) bond motifs is 2. The van der Waals surface area contributed by atoms with Crippen LogP contribution in [-0.2, 0) is 4.74 Å². The quantitative estimate of drug-likeness (QED) is 0.804. The first-order chi connectivity index (χ1) is 9.13. The molecular formula is C16H20O3. The number of aliphatic hydroxyl groups excluding tert-OH is 1. The highest BCUT2D eigenvalue weighted by molar-refractivity contribution is 5.30. The Labute approximate surface area is 113 Å². The number of benzene rings is 1. The normalized spacial score (nSPS) is 33.9. The van der Waals surface area contributed by atoms with Crippen LogP contribution in [0, 0.1) is 11.3 Å². The molecule has 1 saturated heterocycles. The van der Waals surface area contributed by atoms with Crippen molar-refractivity contribution in [1.82, 2.24) is 0 Å². The zero-order chi connectivity index (χ0) is 13.5. The number of aromatic hydroxyl groups is 1. The first kappa shape index (κ1) is 12.7. The van der Waals surface area contributed by atoms with E-state index in [0.717, 1.165) is 18.4 Å². The molecule has 1 heterocycles. The van der Waals surface area contributed by atoms with Crippen LogP contribution in [0.15, 0.2) is 35.9 Å². The van der Waals surface area contributed by atoms with Crippen LogP contribution in [0.1, 0.15) is 31.4 Å². The molecule has 0 saturated carbocycles. The first-order valence-corrected chi connectivity index (χ1v) is 6.82. The topological polar surface area (TPSA) is 49.7 Å². The third-order valence-electron chi connectivity index (χ3n) is 4.59. The van der Waals surface area contributed by atoms with Gasteiger partial charge in [-0.15, -0.1) is 0 Å². The highest BCUT2D eigenvalue weighted by atomic mass is 16.5. The van der Waals surface area contributed by atoms with Crippen molar-refractivity contribution in [2.45, 2.75) is 25.9 Å². The fourth-order valence-electron chi connectivity index (χ4n) is 3.25. The smallest absolute Gasteiger partial charge is 0.115 e. The molecule has 3 atom stereocenters. The minimum Gasteiger partial charge on any atom is -0.508 e. The molecule has 3 rings (SSSR count). The lowest BCUT2D eigenvalue weighted by atomic mass is 9.67. The van der Waals surface area contributed by atoms with Gasteiger partial charge in [0.2, 0.25) is 0 Å². The zero-order valence-corrected chi connectivity index (χ0v) is 11.2. The van der Waals surface area contributed by atoms with Crippen molar-refractivity contribution < 1.29 is 14.9 Å². The Bertz CT molecular complexity index is 491. The molecule has 0 unspecified atom stereocenters. The fraction of sp³-hybridized carbons (Fsp3) is 0.500. The van der Waals surface area contributed by atoms with Crippen molar-refractivity contribution in [3.05, 3.63) is 41.5 Å². The largest absolute Gasteiger partial charge is 0.508 e. The Morgan fingerprint density at radius 1 is 1.32 bits per heavy atom. The van der Waals surface area contributed by atoms with Gasteiger partial charge in [-0.3, -0.25) is 0 Å². The van der Waals surface area contributed by atoms with Crippen LogP contribution in [0.4, 0.5) is 0 Å². The van der Waals surface area contributed by atoms with Crippen molar-refractivity contribution in [2.24, 2.45) is 11.3 Å². The standard InChI is InChI=1S/C16H20O3/c1-11-6-7-16(9-17)8-14(11)15(19-10-16)12-2-4-13(18)5-3-12/h2-6,14-15,17-18H,7-10H2,1H3/t14-,15-,16-/m1/s1. The molecule has 1 aromatic carbocycles. The van der Waals surface area contributed by atoms with Crippen molar-refractivity contribution in [3.63, 3.8) is 0 Å². The van der Waals surface area contributed by atoms with E-state index in [0.29, 0.717) is 12.5 Å². The number of ether oxygens (including phenoxy) is 1. The summed E-state index contributed by atoms with van der Waals surface area (Å²) < 4.78 is 6.05. The highest BCUT2D eigenvalue weighted by Crippen LogP contribution is 2.50. The predicted molar refractivity (Wildman–Crippen MR) is 72.8 cm³/mol. The summed E-state index contributed by atoms with van der Waals surface area (Å²) in [5.74, 6) is 0.611. The molecule has 0 aromatic heterocycles. The average molecular weight is 260 g/mol. The molecule has 3 nitrogen and oxygen atoms in total. The van der Waals surface area contributed by atoms with Gasteiger partial charge >= 0.3 is 0 Å². The number of phenolic OH excluding ortho intramolecular Hbond substituents is 1. The third kappa shape index (κ3) is 2.17. The molecule has 1 aromatic rings. The molecule has 0 radical (unpaired) electrons. The molecule has 2 bridgehead atoms. The summed E-state index contributed by atoms with van der Waals surface area (Å²) in [4.78, 5) is 0. The Hall–Kier alpha value is -1.32. The lowest BCUT2D eigenvalue weighted by Crippen LogP contribution is -2.43. The van der Waals surface area contributed by atoms with Gasteiger partial charge in [0, 0.05) is 11.3 Å². The summed E-state index contributed by atoms with van der Waals surface area (Å²) >= 11 is 0. The van der Waals surface area contributed by atoms with Crippen LogP contribution >= 0.6 is 0 Å². The molecule has 2 N–H and O–H groups in total. The summed E-state index contributed by atoms with van der Waals surface area (Å²) in [6.07, 6.45) is 4.18. The van der Waals surface area contributed by atoms with Gasteiger partial charge in [-0.2, -0.15) is 0 Å². The zero-order valence-electron chi connectivity index (χ0n) is 11.2. The van der Waals surface area contributed by atoms with Gasteiger partial charge in [0.1, 0.15) is 5.75 Å². The number of hydrogen-bond acceptors (Lipinski definition) is 3. The van der Waals surface area contributed by atoms with Gasteiger partial charge in [0.25, 0.3) is 0 Å². The monoisotopic (exact) mass is 260 g/mol. The second-order valence-corrected chi connectivity index (χ2v) is 5.94. The van der Waals surface area contributed by atoms with E-state index in [-0.39, 0.29) is 23.9 Å². The van der Waals surface area contributed by atoms with Crippen LogP contribution in [0.3, 0.4) is 0 Å². The molecule has 1 aliphatic carbocycles. The van der Waals surface area contributed by atoms with E-state index in [9.17, 15) is 10.2 Å². The molecular weight excluding hydrogens is 240 g/mol. The molecule has 3 heteroatoms. The summed E-state index contributed by atoms with van der Waals surface area (Å²) in [7, 11) is 0. The predicted octanol–water partition coefficient (Wildman–Crippen LogP) is 2.80. The van der Waals surface area contributed by atoms with E-state index in [2.05, 4.69) is 13.0 Å². The first-order valence-electron chi connectivity index (χ1n) is 6.82. The Morgan fingerprint density at radius 3 is 2.74 bits per heavy atom. The van der Waals surface area contributed by atoms with Crippen LogP contribution in [-0.4, -0.2) is 23.4 Å². The molecule has 2 aliphatic rings. The van der Waals surface area contributed by atoms with Gasteiger partial charge in [-0.05, 0) is 37.5 Å². The Kier molecular flexibility index (Phi) is 3.11. The van der Waals surface area contributed by atoms with E-state index in [4.69, 9.17) is 4.74 Å². The molecule has 1 aliphatic heterocycles. The number of rotatable bonds is 2. The lowest BCUT2D eigenvalue weighted by molar-refractivity contribution is -0.113. The van der Waals surface area contributed by atoms with Crippen LogP contribution in [0.5, 0.6) is 5.75 Å². The maximum atomic E-state index is 9.63. The minimum absolute atomic E-state index is 0.0387. The van der Waals surface area contributed by atoms with Crippen LogP contribution in [0.2, 0.25) is 0 Å². The van der Waals surface area contributed by atoms with Gasteiger partial charge in [0.15, 0.2) is 0 Å². The van der Waals surface area contributed by atoms with Crippen LogP contribution < -0.4 is 0 Å². The van der Waals surface area contributed by atoms with Crippen LogP contribution in [0.25, 0.3) is 0 Å². The lowest BCUT2D eigenvalue weighted by Gasteiger charge is -2.47. The summed E-state index contributed by atoms with van der Waals surface area (Å²) in [5, 5.41) is 19.0.